The van der Waals surface area contributed by atoms with Gasteiger partial charge in [0, 0.05) is 24.1 Å². The van der Waals surface area contributed by atoms with Crippen molar-refractivity contribution in [3.8, 4) is 0 Å². The fourth-order valence-corrected chi connectivity index (χ4v) is 1.95. The molecule has 0 bridgehead atoms. The van der Waals surface area contributed by atoms with Crippen LogP contribution in [0.2, 0.25) is 0 Å². The average molecular weight is 314 g/mol. The van der Waals surface area contributed by atoms with Gasteiger partial charge in [0.2, 0.25) is 0 Å². The molecule has 1 aromatic carbocycles. The smallest absolute Gasteiger partial charge is 0.314 e. The van der Waals surface area contributed by atoms with E-state index < -0.39 is 0 Å². The normalized spacial score (nSPS) is 10.4. The molecule has 1 aromatic rings. The third-order valence-electron chi connectivity index (χ3n) is 2.48. The topological polar surface area (TPSA) is 44.4 Å². The SMILES string of the molecule is CN(C)CCNC(=O)NCCc1ccccc1Br. The lowest BCUT2D eigenvalue weighted by molar-refractivity contribution is 0.239. The number of nitrogens with one attached hydrogen (secondary N) is 2. The molecule has 100 valence electrons. The van der Waals surface area contributed by atoms with Crippen molar-refractivity contribution in [2.75, 3.05) is 33.7 Å². The van der Waals surface area contributed by atoms with Crippen molar-refractivity contribution in [2.45, 2.75) is 6.42 Å². The zero-order chi connectivity index (χ0) is 13.4. The molecule has 0 radical (unpaired) electrons. The number of carbonyl (C=O) groups excluding carboxylic acids is 1. The lowest BCUT2D eigenvalue weighted by Crippen LogP contribution is -2.39. The zero-order valence-corrected chi connectivity index (χ0v) is 12.5. The van der Waals surface area contributed by atoms with Crippen LogP contribution >= 0.6 is 15.9 Å². The van der Waals surface area contributed by atoms with E-state index in [2.05, 4.69) is 32.6 Å². The van der Waals surface area contributed by atoms with Gasteiger partial charge in [-0.25, -0.2) is 4.79 Å². The van der Waals surface area contributed by atoms with Crippen LogP contribution in [0.5, 0.6) is 0 Å². The van der Waals surface area contributed by atoms with E-state index in [1.54, 1.807) is 0 Å². The Bertz CT molecular complexity index is 382. The van der Waals surface area contributed by atoms with Gasteiger partial charge < -0.3 is 15.5 Å². The molecule has 2 N–H and O–H groups in total. The van der Waals surface area contributed by atoms with E-state index in [1.807, 2.05) is 37.2 Å². The summed E-state index contributed by atoms with van der Waals surface area (Å²) >= 11 is 3.49. The van der Waals surface area contributed by atoms with Gasteiger partial charge in [0.05, 0.1) is 0 Å². The Morgan fingerprint density at radius 2 is 1.89 bits per heavy atom. The van der Waals surface area contributed by atoms with Gasteiger partial charge in [-0.15, -0.1) is 0 Å². The molecule has 0 heterocycles. The molecule has 0 atom stereocenters. The number of amides is 2. The molecule has 5 heteroatoms. The molecule has 0 unspecified atom stereocenters. The molecule has 0 fully saturated rings. The molecular formula is C13H20BrN3O. The minimum absolute atomic E-state index is 0.107. The zero-order valence-electron chi connectivity index (χ0n) is 10.9. The molecule has 18 heavy (non-hydrogen) atoms. The number of benzene rings is 1. The Morgan fingerprint density at radius 3 is 2.56 bits per heavy atom. The average Bonchev–Trinajstić information content (AvgIpc) is 2.31. The largest absolute Gasteiger partial charge is 0.338 e. The minimum atomic E-state index is -0.107. The molecular weight excluding hydrogens is 294 g/mol. The molecule has 0 aliphatic carbocycles. The van der Waals surface area contributed by atoms with Gasteiger partial charge in [0.15, 0.2) is 0 Å². The third-order valence-corrected chi connectivity index (χ3v) is 3.26. The summed E-state index contributed by atoms with van der Waals surface area (Å²) in [5.74, 6) is 0. The first-order valence-electron chi connectivity index (χ1n) is 5.99. The predicted octanol–water partition coefficient (Wildman–Crippen LogP) is 1.85. The summed E-state index contributed by atoms with van der Waals surface area (Å²) in [6, 6.07) is 7.93. The molecule has 0 saturated carbocycles. The summed E-state index contributed by atoms with van der Waals surface area (Å²) in [4.78, 5) is 13.5. The predicted molar refractivity (Wildman–Crippen MR) is 77.8 cm³/mol. The van der Waals surface area contributed by atoms with E-state index >= 15 is 0 Å². The van der Waals surface area contributed by atoms with Crippen LogP contribution in [0, 0.1) is 0 Å². The molecule has 1 rings (SSSR count). The van der Waals surface area contributed by atoms with E-state index in [0.717, 1.165) is 17.4 Å². The monoisotopic (exact) mass is 313 g/mol. The van der Waals surface area contributed by atoms with E-state index in [0.29, 0.717) is 13.1 Å². The number of halogens is 1. The Hall–Kier alpha value is -1.07. The number of urea groups is 1. The number of hydrogen-bond donors (Lipinski definition) is 2. The number of nitrogens with zero attached hydrogens (tertiary/aromatic N) is 1. The molecule has 0 aliphatic heterocycles. The maximum atomic E-state index is 11.4. The summed E-state index contributed by atoms with van der Waals surface area (Å²) in [7, 11) is 3.96. The van der Waals surface area contributed by atoms with Crippen LogP contribution in [0.15, 0.2) is 28.7 Å². The minimum Gasteiger partial charge on any atom is -0.338 e. The summed E-state index contributed by atoms with van der Waals surface area (Å²) in [6.45, 7) is 2.14. The second-order valence-electron chi connectivity index (χ2n) is 4.33. The van der Waals surface area contributed by atoms with Crippen LogP contribution < -0.4 is 10.6 Å². The number of likely N-dealkylation sites (N-methyl/N-ethyl adjacent to an activating group) is 1. The Labute approximate surface area is 117 Å². The maximum Gasteiger partial charge on any atom is 0.314 e. The van der Waals surface area contributed by atoms with Crippen molar-refractivity contribution in [1.82, 2.24) is 15.5 Å². The Kier molecular flexibility index (Phi) is 6.75. The maximum absolute atomic E-state index is 11.4. The van der Waals surface area contributed by atoms with E-state index in [-0.39, 0.29) is 6.03 Å². The van der Waals surface area contributed by atoms with Gasteiger partial charge in [0.25, 0.3) is 0 Å². The van der Waals surface area contributed by atoms with Crippen molar-refractivity contribution < 1.29 is 4.79 Å². The van der Waals surface area contributed by atoms with E-state index in [9.17, 15) is 4.79 Å². The van der Waals surface area contributed by atoms with Crippen LogP contribution in [-0.2, 0) is 6.42 Å². The first-order chi connectivity index (χ1) is 8.59. The molecule has 0 spiro atoms. The van der Waals surface area contributed by atoms with Gasteiger partial charge in [-0.05, 0) is 32.1 Å². The van der Waals surface area contributed by atoms with Gasteiger partial charge in [0.1, 0.15) is 0 Å². The number of rotatable bonds is 6. The second-order valence-corrected chi connectivity index (χ2v) is 5.18. The van der Waals surface area contributed by atoms with Crippen molar-refractivity contribution in [2.24, 2.45) is 0 Å². The second kappa shape index (κ2) is 8.11. The highest BCUT2D eigenvalue weighted by Gasteiger charge is 2.01. The molecule has 0 saturated heterocycles. The fourth-order valence-electron chi connectivity index (χ4n) is 1.47. The van der Waals surface area contributed by atoms with Crippen molar-refractivity contribution in [3.05, 3.63) is 34.3 Å². The first kappa shape index (κ1) is 15.0. The van der Waals surface area contributed by atoms with Crippen LogP contribution in [0.25, 0.3) is 0 Å². The molecule has 0 aromatic heterocycles. The summed E-state index contributed by atoms with van der Waals surface area (Å²) < 4.78 is 1.08. The lowest BCUT2D eigenvalue weighted by Gasteiger charge is -2.11. The number of carbonyl (C=O) groups is 1. The van der Waals surface area contributed by atoms with Crippen molar-refractivity contribution in [1.29, 1.82) is 0 Å². The van der Waals surface area contributed by atoms with Crippen LogP contribution in [0.4, 0.5) is 4.79 Å². The standard InChI is InChI=1S/C13H20BrN3O/c1-17(2)10-9-16-13(18)15-8-7-11-5-3-4-6-12(11)14/h3-6H,7-10H2,1-2H3,(H2,15,16,18). The fraction of sp³-hybridized carbons (Fsp3) is 0.462. The molecule has 4 nitrogen and oxygen atoms in total. The quantitative estimate of drug-likeness (QED) is 0.842. The first-order valence-corrected chi connectivity index (χ1v) is 6.78. The van der Waals surface area contributed by atoms with Gasteiger partial charge in [-0.3, -0.25) is 0 Å². The molecule has 0 aliphatic rings. The highest BCUT2D eigenvalue weighted by Crippen LogP contribution is 2.15. The highest BCUT2D eigenvalue weighted by atomic mass is 79.9. The van der Waals surface area contributed by atoms with Gasteiger partial charge in [-0.2, -0.15) is 0 Å². The number of hydrogen-bond acceptors (Lipinski definition) is 2. The highest BCUT2D eigenvalue weighted by molar-refractivity contribution is 9.10. The van der Waals surface area contributed by atoms with Crippen LogP contribution in [0.3, 0.4) is 0 Å². The lowest BCUT2D eigenvalue weighted by atomic mass is 10.1. The van der Waals surface area contributed by atoms with E-state index in [1.165, 1.54) is 5.56 Å². The summed E-state index contributed by atoms with van der Waals surface area (Å²) in [6.07, 6.45) is 0.822. The van der Waals surface area contributed by atoms with Crippen molar-refractivity contribution in [3.63, 3.8) is 0 Å². The summed E-state index contributed by atoms with van der Waals surface area (Å²) in [5, 5.41) is 5.65. The summed E-state index contributed by atoms with van der Waals surface area (Å²) in [5.41, 5.74) is 1.20. The van der Waals surface area contributed by atoms with E-state index in [4.69, 9.17) is 0 Å². The third kappa shape index (κ3) is 6.02. The molecule has 2 amide bonds. The Morgan fingerprint density at radius 1 is 1.22 bits per heavy atom. The van der Waals surface area contributed by atoms with Crippen molar-refractivity contribution >= 4 is 22.0 Å². The Balaban J connectivity index is 2.18. The van der Waals surface area contributed by atoms with Crippen LogP contribution in [0.1, 0.15) is 5.56 Å². The van der Waals surface area contributed by atoms with Crippen LogP contribution in [-0.4, -0.2) is 44.7 Å². The van der Waals surface area contributed by atoms with Gasteiger partial charge >= 0.3 is 6.03 Å². The van der Waals surface area contributed by atoms with Gasteiger partial charge in [-0.1, -0.05) is 34.1 Å².